The second-order valence-corrected chi connectivity index (χ2v) is 13.7. The minimum absolute atomic E-state index is 0.0234. The van der Waals surface area contributed by atoms with Crippen LogP contribution in [0.1, 0.15) is 99.1 Å². The monoisotopic (exact) mass is 818 g/mol. The molecule has 0 bridgehead atoms. The number of Topliss-reactive ketones (excluding diaryl/α,β-unsaturated/α-hetero) is 1. The Morgan fingerprint density at radius 3 is 1.34 bits per heavy atom. The molecule has 3 aromatic rings. The predicted molar refractivity (Wildman–Crippen MR) is 178 cm³/mol. The number of esters is 1. The Morgan fingerprint density at radius 1 is 0.554 bits per heavy atom. The van der Waals surface area contributed by atoms with Gasteiger partial charge in [-0.05, 0) is 80.1 Å². The van der Waals surface area contributed by atoms with E-state index in [0.29, 0.717) is 37.1 Å². The van der Waals surface area contributed by atoms with E-state index in [-0.39, 0.29) is 30.5 Å². The van der Waals surface area contributed by atoms with Crippen molar-refractivity contribution in [3.63, 3.8) is 0 Å². The van der Waals surface area contributed by atoms with Crippen molar-refractivity contribution in [2.24, 2.45) is 5.41 Å². The van der Waals surface area contributed by atoms with E-state index in [4.69, 9.17) is 9.47 Å². The Kier molecular flexibility index (Phi) is 12.8. The minimum Gasteiger partial charge on any atom is -0.487 e. The Hall–Kier alpha value is -4.32. The third kappa shape index (κ3) is 8.36. The van der Waals surface area contributed by atoms with Gasteiger partial charge in [-0.15, -0.1) is 0 Å². The first kappa shape index (κ1) is 46.1. The van der Waals surface area contributed by atoms with Crippen molar-refractivity contribution in [3.05, 3.63) is 82.9 Å². The summed E-state index contributed by atoms with van der Waals surface area (Å²) in [5.74, 6) is -4.78. The molecule has 0 heterocycles. The molecule has 0 aliphatic carbocycles. The molecule has 0 aliphatic heterocycles. The number of hydrogen-bond donors (Lipinski definition) is 2. The summed E-state index contributed by atoms with van der Waals surface area (Å²) in [5, 5.41) is 20.8. The Labute approximate surface area is 313 Å². The summed E-state index contributed by atoms with van der Waals surface area (Å²) in [7, 11) is 0. The van der Waals surface area contributed by atoms with E-state index in [2.05, 4.69) is 0 Å². The first-order valence-electron chi connectivity index (χ1n) is 17.0. The van der Waals surface area contributed by atoms with Crippen LogP contribution in [0.3, 0.4) is 0 Å². The fourth-order valence-electron chi connectivity index (χ4n) is 5.62. The Morgan fingerprint density at radius 2 is 0.946 bits per heavy atom. The van der Waals surface area contributed by atoms with Crippen LogP contribution in [-0.2, 0) is 11.2 Å². The van der Waals surface area contributed by atoms with Crippen LogP contribution >= 0.6 is 0 Å². The van der Waals surface area contributed by atoms with E-state index in [0.717, 1.165) is 12.1 Å². The third-order valence-electron chi connectivity index (χ3n) is 10.2. The van der Waals surface area contributed by atoms with E-state index in [1.165, 1.54) is 32.9 Å². The predicted octanol–water partition coefficient (Wildman–Crippen LogP) is 11.2. The van der Waals surface area contributed by atoms with Gasteiger partial charge in [-0.25, -0.2) is 4.79 Å². The highest BCUT2D eigenvalue weighted by Crippen LogP contribution is 2.55. The van der Waals surface area contributed by atoms with Crippen LogP contribution < -0.4 is 9.47 Å². The smallest absolute Gasteiger partial charge is 0.430 e. The van der Waals surface area contributed by atoms with Gasteiger partial charge in [0.2, 0.25) is 0 Å². The molecule has 0 fully saturated rings. The number of carbonyl (C=O) groups is 2. The molecule has 0 aliphatic rings. The van der Waals surface area contributed by atoms with E-state index < -0.39 is 98.0 Å². The number of ether oxygens (including phenoxy) is 2. The van der Waals surface area contributed by atoms with Gasteiger partial charge in [-0.1, -0.05) is 58.9 Å². The molecule has 0 saturated heterocycles. The molecule has 0 spiro atoms. The molecule has 3 aromatic carbocycles. The SMILES string of the molecule is CCC(C)(CC)Oc1ccc(-c2ccc(OC(=O)c3cccc(C(=O)C(C)(CC)CC)c3)c(C(O)(C(F)(F)F)C(F)(F)F)c2)cc1C(O)(C(F)(F)F)C(F)(F)F. The molecule has 18 heteroatoms. The van der Waals surface area contributed by atoms with Crippen LogP contribution in [-0.4, -0.2) is 52.3 Å². The molecular weight excluding hydrogens is 780 g/mol. The van der Waals surface area contributed by atoms with Crippen molar-refractivity contribution in [3.8, 4) is 22.6 Å². The molecule has 310 valence electrons. The molecule has 6 nitrogen and oxygen atoms in total. The summed E-state index contributed by atoms with van der Waals surface area (Å²) in [4.78, 5) is 26.4. The van der Waals surface area contributed by atoms with E-state index in [9.17, 15) is 72.5 Å². The van der Waals surface area contributed by atoms with Gasteiger partial charge in [0.1, 0.15) is 17.1 Å². The molecule has 3 rings (SSSR count). The van der Waals surface area contributed by atoms with Crippen LogP contribution in [0.5, 0.6) is 11.5 Å². The van der Waals surface area contributed by atoms with Gasteiger partial charge >= 0.3 is 30.7 Å². The van der Waals surface area contributed by atoms with Crippen LogP contribution in [0.25, 0.3) is 11.1 Å². The highest BCUT2D eigenvalue weighted by Gasteiger charge is 2.73. The lowest BCUT2D eigenvalue weighted by atomic mass is 9.77. The van der Waals surface area contributed by atoms with Gasteiger partial charge in [-0.2, -0.15) is 52.7 Å². The maximum Gasteiger partial charge on any atom is 0.430 e. The van der Waals surface area contributed by atoms with Crippen molar-refractivity contribution in [1.29, 1.82) is 0 Å². The van der Waals surface area contributed by atoms with Crippen molar-refractivity contribution in [2.75, 3.05) is 0 Å². The van der Waals surface area contributed by atoms with E-state index >= 15 is 0 Å². The highest BCUT2D eigenvalue weighted by molar-refractivity contribution is 6.02. The summed E-state index contributed by atoms with van der Waals surface area (Å²) < 4.78 is 181. The normalized spacial score (nSPS) is 13.8. The summed E-state index contributed by atoms with van der Waals surface area (Å²) in [5.41, 5.74) is -20.5. The lowest BCUT2D eigenvalue weighted by Gasteiger charge is -2.36. The molecular formula is C38H38F12O6. The summed E-state index contributed by atoms with van der Waals surface area (Å²) >= 11 is 0. The number of rotatable bonds is 13. The number of benzene rings is 3. The Balaban J connectivity index is 2.37. The zero-order valence-corrected chi connectivity index (χ0v) is 30.7. The third-order valence-corrected chi connectivity index (χ3v) is 10.2. The fourth-order valence-corrected chi connectivity index (χ4v) is 5.62. The number of hydrogen-bond acceptors (Lipinski definition) is 6. The maximum atomic E-state index is 14.3. The topological polar surface area (TPSA) is 93.1 Å². The number of halogens is 12. The molecule has 0 radical (unpaired) electrons. The quantitative estimate of drug-likeness (QED) is 0.0772. The number of alkyl halides is 12. The first-order valence-corrected chi connectivity index (χ1v) is 17.0. The van der Waals surface area contributed by atoms with Gasteiger partial charge in [0.25, 0.3) is 11.2 Å². The number of ketones is 1. The fraction of sp³-hybridized carbons (Fsp3) is 0.474. The second-order valence-electron chi connectivity index (χ2n) is 13.7. The largest absolute Gasteiger partial charge is 0.487 e. The molecule has 56 heavy (non-hydrogen) atoms. The van der Waals surface area contributed by atoms with Gasteiger partial charge in [0, 0.05) is 22.1 Å². The molecule has 0 amide bonds. The van der Waals surface area contributed by atoms with E-state index in [1.54, 1.807) is 20.8 Å². The van der Waals surface area contributed by atoms with Crippen molar-refractivity contribution in [2.45, 2.75) is 109 Å². The van der Waals surface area contributed by atoms with Crippen LogP contribution in [0.2, 0.25) is 0 Å². The van der Waals surface area contributed by atoms with Crippen LogP contribution in [0.4, 0.5) is 52.7 Å². The zero-order valence-electron chi connectivity index (χ0n) is 30.7. The second kappa shape index (κ2) is 15.6. The molecule has 2 N–H and O–H groups in total. The molecule has 0 aromatic heterocycles. The van der Waals surface area contributed by atoms with Gasteiger partial charge in [-0.3, -0.25) is 4.79 Å². The maximum absolute atomic E-state index is 14.3. The van der Waals surface area contributed by atoms with Gasteiger partial charge in [0.15, 0.2) is 5.78 Å². The van der Waals surface area contributed by atoms with Gasteiger partial charge < -0.3 is 19.7 Å². The lowest BCUT2D eigenvalue weighted by Crippen LogP contribution is -2.54. The molecule has 0 atom stereocenters. The average Bonchev–Trinajstić information content (AvgIpc) is 3.11. The Bertz CT molecular complexity index is 1870. The summed E-state index contributed by atoms with van der Waals surface area (Å²) in [6.45, 7) is 9.37. The number of aliphatic hydroxyl groups is 2. The lowest BCUT2D eigenvalue weighted by molar-refractivity contribution is -0.377. The minimum atomic E-state index is -6.62. The standard InChI is InChI=1S/C38H38F12O6/c1-7-31(5,8-2)29(51)23-12-11-13-24(18-23)30(52)55-27-16-14-21(19-25(27)33(53,35(39,40)41)36(42,43)44)22-15-17-28(56-32(6,9-3)10-4)26(20-22)34(54,37(45,46)47)38(48,49)50/h11-20,53-54H,7-10H2,1-6H3. The summed E-state index contributed by atoms with van der Waals surface area (Å²) in [6.07, 6.45) is -25.5. The van der Waals surface area contributed by atoms with Crippen molar-refractivity contribution < 1.29 is 82.0 Å². The highest BCUT2D eigenvalue weighted by atomic mass is 19.4. The van der Waals surface area contributed by atoms with Gasteiger partial charge in [0.05, 0.1) is 5.56 Å². The zero-order chi connectivity index (χ0) is 43.1. The summed E-state index contributed by atoms with van der Waals surface area (Å²) in [6, 6.07) is 6.56. The van der Waals surface area contributed by atoms with E-state index in [1.807, 2.05) is 0 Å². The number of carbonyl (C=O) groups excluding carboxylic acids is 2. The molecule has 0 unspecified atom stereocenters. The average molecular weight is 819 g/mol. The van der Waals surface area contributed by atoms with Crippen LogP contribution in [0, 0.1) is 5.41 Å². The van der Waals surface area contributed by atoms with Crippen molar-refractivity contribution in [1.82, 2.24) is 0 Å². The first-order chi connectivity index (χ1) is 25.4. The molecule has 0 saturated carbocycles. The van der Waals surface area contributed by atoms with Crippen LogP contribution in [0.15, 0.2) is 60.7 Å². The van der Waals surface area contributed by atoms with Crippen molar-refractivity contribution >= 4 is 11.8 Å².